The van der Waals surface area contributed by atoms with E-state index in [9.17, 15) is 0 Å². The molecule has 0 heterocycles. The van der Waals surface area contributed by atoms with Gasteiger partial charge < -0.3 is 0 Å². The standard InChI is InChI=1S/C19H22/c1-2-3-4-5-7-12-18-15-10-11-16-19(18)17-13-8-6-9-14-17/h5-11,13-16H,2-4,12H2,1H3/b7-5+. The van der Waals surface area contributed by atoms with Crippen molar-refractivity contribution in [3.63, 3.8) is 0 Å². The highest BCUT2D eigenvalue weighted by atomic mass is 14.1. The molecule has 0 amide bonds. The molecule has 0 N–H and O–H groups in total. The second-order valence-corrected chi connectivity index (χ2v) is 4.84. The molecular formula is C19H22. The summed E-state index contributed by atoms with van der Waals surface area (Å²) in [6.45, 7) is 2.23. The highest BCUT2D eigenvalue weighted by molar-refractivity contribution is 5.67. The molecule has 0 saturated heterocycles. The molecule has 2 rings (SSSR count). The van der Waals surface area contributed by atoms with Gasteiger partial charge in [0.2, 0.25) is 0 Å². The van der Waals surface area contributed by atoms with Crippen LogP contribution in [0.15, 0.2) is 66.7 Å². The third-order valence-electron chi connectivity index (χ3n) is 3.33. The average molecular weight is 250 g/mol. The van der Waals surface area contributed by atoms with Crippen molar-refractivity contribution >= 4 is 0 Å². The molecule has 2 aromatic rings. The first-order chi connectivity index (χ1) is 9.42. The second kappa shape index (κ2) is 7.58. The van der Waals surface area contributed by atoms with Gasteiger partial charge in [0.25, 0.3) is 0 Å². The maximum absolute atomic E-state index is 2.31. The molecule has 98 valence electrons. The largest absolute Gasteiger partial charge is 0.0882 e. The molecule has 0 nitrogen and oxygen atoms in total. The van der Waals surface area contributed by atoms with Crippen molar-refractivity contribution in [1.29, 1.82) is 0 Å². The molecule has 0 aromatic heterocycles. The molecule has 0 aliphatic heterocycles. The first-order valence-electron chi connectivity index (χ1n) is 7.20. The predicted molar refractivity (Wildman–Crippen MR) is 84.2 cm³/mol. The molecule has 0 unspecified atom stereocenters. The second-order valence-electron chi connectivity index (χ2n) is 4.84. The molecule has 0 radical (unpaired) electrons. The molecule has 2 aromatic carbocycles. The van der Waals surface area contributed by atoms with Crippen LogP contribution in [0.4, 0.5) is 0 Å². The van der Waals surface area contributed by atoms with Gasteiger partial charge in [-0.3, -0.25) is 0 Å². The molecule has 0 saturated carbocycles. The highest BCUT2D eigenvalue weighted by Gasteiger charge is 2.01. The highest BCUT2D eigenvalue weighted by Crippen LogP contribution is 2.23. The van der Waals surface area contributed by atoms with Gasteiger partial charge in [-0.1, -0.05) is 86.5 Å². The lowest BCUT2D eigenvalue weighted by atomic mass is 9.97. The number of hydrogen-bond donors (Lipinski definition) is 0. The minimum atomic E-state index is 1.02. The Kier molecular flexibility index (Phi) is 5.43. The Balaban J connectivity index is 2.11. The maximum Gasteiger partial charge on any atom is -0.00913 e. The monoisotopic (exact) mass is 250 g/mol. The number of hydrogen-bond acceptors (Lipinski definition) is 0. The summed E-state index contributed by atoms with van der Waals surface area (Å²) in [6, 6.07) is 19.3. The van der Waals surface area contributed by atoms with Crippen LogP contribution in [0.2, 0.25) is 0 Å². The summed E-state index contributed by atoms with van der Waals surface area (Å²) in [6.07, 6.45) is 9.39. The van der Waals surface area contributed by atoms with Crippen LogP contribution in [0.25, 0.3) is 11.1 Å². The van der Waals surface area contributed by atoms with Crippen molar-refractivity contribution in [3.05, 3.63) is 72.3 Å². The summed E-state index contributed by atoms with van der Waals surface area (Å²) in [7, 11) is 0. The van der Waals surface area contributed by atoms with Crippen LogP contribution in [-0.4, -0.2) is 0 Å². The van der Waals surface area contributed by atoms with Crippen LogP contribution in [0, 0.1) is 0 Å². The van der Waals surface area contributed by atoms with Crippen molar-refractivity contribution in [2.45, 2.75) is 32.6 Å². The zero-order chi connectivity index (χ0) is 13.3. The summed E-state index contributed by atoms with van der Waals surface area (Å²) in [5.74, 6) is 0. The lowest BCUT2D eigenvalue weighted by Crippen LogP contribution is -1.87. The van der Waals surface area contributed by atoms with Gasteiger partial charge in [-0.25, -0.2) is 0 Å². The quantitative estimate of drug-likeness (QED) is 0.459. The van der Waals surface area contributed by atoms with Crippen molar-refractivity contribution in [2.24, 2.45) is 0 Å². The van der Waals surface area contributed by atoms with Crippen LogP contribution in [0.5, 0.6) is 0 Å². The van der Waals surface area contributed by atoms with E-state index in [4.69, 9.17) is 0 Å². The number of unbranched alkanes of at least 4 members (excludes halogenated alkanes) is 2. The van der Waals surface area contributed by atoms with Crippen LogP contribution < -0.4 is 0 Å². The first kappa shape index (κ1) is 13.6. The molecule has 0 aliphatic rings. The number of rotatable bonds is 6. The molecule has 0 aliphatic carbocycles. The summed E-state index contributed by atoms with van der Waals surface area (Å²) < 4.78 is 0. The van der Waals surface area contributed by atoms with E-state index in [1.54, 1.807) is 0 Å². The lowest BCUT2D eigenvalue weighted by Gasteiger charge is -2.07. The first-order valence-corrected chi connectivity index (χ1v) is 7.20. The zero-order valence-corrected chi connectivity index (χ0v) is 11.7. The molecule has 0 heteroatoms. The van der Waals surface area contributed by atoms with E-state index in [1.165, 1.54) is 36.0 Å². The van der Waals surface area contributed by atoms with Crippen LogP contribution >= 0.6 is 0 Å². The molecule has 0 atom stereocenters. The van der Waals surface area contributed by atoms with E-state index in [0.717, 1.165) is 6.42 Å². The average Bonchev–Trinajstić information content (AvgIpc) is 2.48. The maximum atomic E-state index is 2.31. The van der Waals surface area contributed by atoms with Gasteiger partial charge in [0.05, 0.1) is 0 Å². The smallest absolute Gasteiger partial charge is 0.00913 e. The Hall–Kier alpha value is -1.82. The van der Waals surface area contributed by atoms with Crippen molar-refractivity contribution in [1.82, 2.24) is 0 Å². The van der Waals surface area contributed by atoms with Crippen LogP contribution in [0.3, 0.4) is 0 Å². The Morgan fingerprint density at radius 2 is 1.58 bits per heavy atom. The topological polar surface area (TPSA) is 0 Å². The molecular weight excluding hydrogens is 228 g/mol. The third-order valence-corrected chi connectivity index (χ3v) is 3.33. The lowest BCUT2D eigenvalue weighted by molar-refractivity contribution is 0.813. The van der Waals surface area contributed by atoms with E-state index < -0.39 is 0 Å². The molecule has 0 bridgehead atoms. The van der Waals surface area contributed by atoms with E-state index in [-0.39, 0.29) is 0 Å². The fraction of sp³-hybridized carbons (Fsp3) is 0.263. The van der Waals surface area contributed by atoms with Gasteiger partial charge in [0.1, 0.15) is 0 Å². The Morgan fingerprint density at radius 3 is 2.37 bits per heavy atom. The van der Waals surface area contributed by atoms with Gasteiger partial charge >= 0.3 is 0 Å². The third kappa shape index (κ3) is 4.10. The van der Waals surface area contributed by atoms with Crippen molar-refractivity contribution in [2.75, 3.05) is 0 Å². The fourth-order valence-electron chi connectivity index (χ4n) is 2.25. The predicted octanol–water partition coefficient (Wildman–Crippen LogP) is 5.64. The van der Waals surface area contributed by atoms with Crippen LogP contribution in [-0.2, 0) is 6.42 Å². The van der Waals surface area contributed by atoms with Gasteiger partial charge in [0, 0.05) is 0 Å². The minimum Gasteiger partial charge on any atom is -0.0882 e. The summed E-state index contributed by atoms with van der Waals surface area (Å²) in [4.78, 5) is 0. The summed E-state index contributed by atoms with van der Waals surface area (Å²) in [5.41, 5.74) is 4.06. The fourth-order valence-corrected chi connectivity index (χ4v) is 2.25. The van der Waals surface area contributed by atoms with Gasteiger partial charge in [-0.05, 0) is 29.5 Å². The minimum absolute atomic E-state index is 1.02. The Morgan fingerprint density at radius 1 is 0.842 bits per heavy atom. The number of allylic oxidation sites excluding steroid dienone is 2. The van der Waals surface area contributed by atoms with E-state index in [0.29, 0.717) is 0 Å². The van der Waals surface area contributed by atoms with Gasteiger partial charge in [-0.2, -0.15) is 0 Å². The van der Waals surface area contributed by atoms with E-state index in [2.05, 4.69) is 73.7 Å². The van der Waals surface area contributed by atoms with Crippen molar-refractivity contribution in [3.8, 4) is 11.1 Å². The van der Waals surface area contributed by atoms with Crippen LogP contribution in [0.1, 0.15) is 31.7 Å². The van der Waals surface area contributed by atoms with E-state index >= 15 is 0 Å². The Labute approximate surface area is 116 Å². The van der Waals surface area contributed by atoms with Crippen molar-refractivity contribution < 1.29 is 0 Å². The number of benzene rings is 2. The molecule has 19 heavy (non-hydrogen) atoms. The molecule has 0 spiro atoms. The summed E-state index contributed by atoms with van der Waals surface area (Å²) in [5, 5.41) is 0. The molecule has 0 fully saturated rings. The normalized spacial score (nSPS) is 11.0. The van der Waals surface area contributed by atoms with Gasteiger partial charge in [0.15, 0.2) is 0 Å². The SMILES string of the molecule is CCCC/C=C/Cc1ccccc1-c1ccccc1. The van der Waals surface area contributed by atoms with Gasteiger partial charge in [-0.15, -0.1) is 0 Å². The Bertz CT molecular complexity index is 509. The summed E-state index contributed by atoms with van der Waals surface area (Å²) >= 11 is 0. The van der Waals surface area contributed by atoms with E-state index in [1.807, 2.05) is 0 Å². The zero-order valence-electron chi connectivity index (χ0n) is 11.7.